The highest BCUT2D eigenvalue weighted by atomic mass is 16.5. The second-order valence-electron chi connectivity index (χ2n) is 9.50. The quantitative estimate of drug-likeness (QED) is 0.469. The van der Waals surface area contributed by atoms with Gasteiger partial charge < -0.3 is 4.74 Å². The molecule has 0 N–H and O–H groups in total. The van der Waals surface area contributed by atoms with Crippen LogP contribution in [0.3, 0.4) is 0 Å². The van der Waals surface area contributed by atoms with E-state index in [1.54, 1.807) is 0 Å². The molecule has 0 saturated heterocycles. The van der Waals surface area contributed by atoms with Crippen molar-refractivity contribution >= 4 is 0 Å². The predicted molar refractivity (Wildman–Crippen MR) is 117 cm³/mol. The van der Waals surface area contributed by atoms with Gasteiger partial charge in [0.15, 0.2) is 0 Å². The highest BCUT2D eigenvalue weighted by Gasteiger charge is 2.39. The number of ether oxygens (including phenoxy) is 1. The highest BCUT2D eigenvalue weighted by Crippen LogP contribution is 2.43. The number of hydrogen-bond acceptors (Lipinski definition) is 1. The second-order valence-corrected chi connectivity index (χ2v) is 9.50. The molecule has 0 aromatic heterocycles. The molecule has 2 unspecified atom stereocenters. The van der Waals surface area contributed by atoms with Gasteiger partial charge >= 0.3 is 0 Å². The molecule has 1 nitrogen and oxygen atoms in total. The Morgan fingerprint density at radius 2 is 1.07 bits per heavy atom. The maximum atomic E-state index is 7.13. The van der Waals surface area contributed by atoms with Crippen LogP contribution < -0.4 is 0 Å². The van der Waals surface area contributed by atoms with Crippen LogP contribution in [0.25, 0.3) is 0 Å². The molecular formula is C26H38O. The Hall–Kier alpha value is -1.60. The molecular weight excluding hydrogens is 328 g/mol. The van der Waals surface area contributed by atoms with Gasteiger partial charge in [0.2, 0.25) is 0 Å². The first-order valence-electron chi connectivity index (χ1n) is 10.4. The lowest BCUT2D eigenvalue weighted by molar-refractivity contribution is -0.167. The lowest BCUT2D eigenvalue weighted by Gasteiger charge is -2.43. The minimum atomic E-state index is -0.326. The van der Waals surface area contributed by atoms with Crippen LogP contribution in [-0.2, 0) is 15.9 Å². The van der Waals surface area contributed by atoms with E-state index in [4.69, 9.17) is 4.74 Å². The summed E-state index contributed by atoms with van der Waals surface area (Å²) in [4.78, 5) is 0. The zero-order valence-corrected chi connectivity index (χ0v) is 18.6. The molecule has 148 valence electrons. The van der Waals surface area contributed by atoms with E-state index in [1.165, 1.54) is 22.3 Å². The van der Waals surface area contributed by atoms with Gasteiger partial charge in [-0.15, -0.1) is 0 Å². The average molecular weight is 367 g/mol. The van der Waals surface area contributed by atoms with Crippen LogP contribution >= 0.6 is 0 Å². The van der Waals surface area contributed by atoms with Crippen LogP contribution in [0, 0.1) is 25.7 Å². The molecule has 0 aliphatic carbocycles. The minimum absolute atomic E-state index is 0.326. The van der Waals surface area contributed by atoms with Gasteiger partial charge in [0, 0.05) is 0 Å². The third-order valence-corrected chi connectivity index (χ3v) is 5.30. The van der Waals surface area contributed by atoms with E-state index in [2.05, 4.69) is 104 Å². The molecule has 0 aliphatic rings. The monoisotopic (exact) mass is 366 g/mol. The van der Waals surface area contributed by atoms with Gasteiger partial charge in [0.25, 0.3) is 0 Å². The molecule has 1 heteroatoms. The molecule has 2 rings (SSSR count). The molecule has 2 aromatic carbocycles. The molecule has 0 amide bonds. The van der Waals surface area contributed by atoms with E-state index in [9.17, 15) is 0 Å². The largest absolute Gasteiger partial charge is 0.360 e. The summed E-state index contributed by atoms with van der Waals surface area (Å²) in [7, 11) is 0. The van der Waals surface area contributed by atoms with Crippen LogP contribution in [0.2, 0.25) is 0 Å². The molecule has 2 aromatic rings. The fourth-order valence-corrected chi connectivity index (χ4v) is 4.44. The lowest BCUT2D eigenvalue weighted by Crippen LogP contribution is -2.39. The van der Waals surface area contributed by atoms with Crippen molar-refractivity contribution in [3.05, 3.63) is 70.8 Å². The fourth-order valence-electron chi connectivity index (χ4n) is 4.44. The maximum absolute atomic E-state index is 7.13. The minimum Gasteiger partial charge on any atom is -0.360 e. The standard InChI is InChI=1S/C26H38O/c1-19(2)17-25(7,23-13-9-11-21(5)15-23)27-26(8,18-20(3)4)24-14-10-12-22(6)16-24/h9-16,19-20H,17-18H2,1-8H3. The Bertz CT molecular complexity index is 682. The van der Waals surface area contributed by atoms with Crippen LogP contribution in [0.1, 0.15) is 76.6 Å². The Labute approximate surface area is 167 Å². The van der Waals surface area contributed by atoms with Crippen molar-refractivity contribution in [2.24, 2.45) is 11.8 Å². The summed E-state index contributed by atoms with van der Waals surface area (Å²) in [5, 5.41) is 0. The van der Waals surface area contributed by atoms with E-state index in [-0.39, 0.29) is 11.2 Å². The molecule has 0 heterocycles. The molecule has 0 spiro atoms. The van der Waals surface area contributed by atoms with Crippen molar-refractivity contribution < 1.29 is 4.74 Å². The van der Waals surface area contributed by atoms with Crippen molar-refractivity contribution in [2.45, 2.75) is 79.4 Å². The number of aryl methyl sites for hydroxylation is 2. The maximum Gasteiger partial charge on any atom is 0.0917 e. The third-order valence-electron chi connectivity index (χ3n) is 5.30. The van der Waals surface area contributed by atoms with E-state index in [0.717, 1.165) is 12.8 Å². The Kier molecular flexibility index (Phi) is 6.92. The van der Waals surface area contributed by atoms with E-state index in [1.807, 2.05) is 0 Å². The summed E-state index contributed by atoms with van der Waals surface area (Å²) in [5.41, 5.74) is 4.47. The molecule has 0 aliphatic heterocycles. The van der Waals surface area contributed by atoms with Gasteiger partial charge in [-0.25, -0.2) is 0 Å². The van der Waals surface area contributed by atoms with Crippen LogP contribution in [0.4, 0.5) is 0 Å². The van der Waals surface area contributed by atoms with Gasteiger partial charge in [0.1, 0.15) is 0 Å². The average Bonchev–Trinajstić information content (AvgIpc) is 2.53. The Morgan fingerprint density at radius 1 is 0.704 bits per heavy atom. The van der Waals surface area contributed by atoms with Crippen molar-refractivity contribution in [3.63, 3.8) is 0 Å². The Balaban J connectivity index is 2.52. The number of benzene rings is 2. The summed E-state index contributed by atoms with van der Waals surface area (Å²) in [6, 6.07) is 17.6. The van der Waals surface area contributed by atoms with E-state index < -0.39 is 0 Å². The summed E-state index contributed by atoms with van der Waals surface area (Å²) in [5.74, 6) is 1.10. The first-order valence-corrected chi connectivity index (χ1v) is 10.4. The second kappa shape index (κ2) is 8.61. The van der Waals surface area contributed by atoms with Gasteiger partial charge in [-0.3, -0.25) is 0 Å². The zero-order valence-electron chi connectivity index (χ0n) is 18.6. The molecule has 27 heavy (non-hydrogen) atoms. The van der Waals surface area contributed by atoms with Gasteiger partial charge in [0.05, 0.1) is 11.2 Å². The van der Waals surface area contributed by atoms with Gasteiger partial charge in [-0.05, 0) is 63.5 Å². The third kappa shape index (κ3) is 5.69. The summed E-state index contributed by atoms with van der Waals surface area (Å²) >= 11 is 0. The normalized spacial score (nSPS) is 16.4. The Morgan fingerprint density at radius 3 is 1.37 bits per heavy atom. The SMILES string of the molecule is Cc1cccc(C(C)(CC(C)C)OC(C)(CC(C)C)c2cccc(C)c2)c1. The number of hydrogen-bond donors (Lipinski definition) is 0. The van der Waals surface area contributed by atoms with Gasteiger partial charge in [-0.1, -0.05) is 87.4 Å². The molecule has 0 bridgehead atoms. The molecule has 0 fully saturated rings. The summed E-state index contributed by atoms with van der Waals surface area (Å²) in [6.07, 6.45) is 1.99. The van der Waals surface area contributed by atoms with E-state index >= 15 is 0 Å². The highest BCUT2D eigenvalue weighted by molar-refractivity contribution is 5.30. The van der Waals surface area contributed by atoms with Crippen LogP contribution in [0.15, 0.2) is 48.5 Å². The topological polar surface area (TPSA) is 9.23 Å². The first kappa shape index (κ1) is 21.7. The van der Waals surface area contributed by atoms with E-state index in [0.29, 0.717) is 11.8 Å². The first-order chi connectivity index (χ1) is 12.5. The fraction of sp³-hybridized carbons (Fsp3) is 0.538. The smallest absolute Gasteiger partial charge is 0.0917 e. The molecule has 0 radical (unpaired) electrons. The molecule has 2 atom stereocenters. The van der Waals surface area contributed by atoms with Crippen molar-refractivity contribution in [1.29, 1.82) is 0 Å². The van der Waals surface area contributed by atoms with Crippen molar-refractivity contribution in [3.8, 4) is 0 Å². The lowest BCUT2D eigenvalue weighted by atomic mass is 9.82. The van der Waals surface area contributed by atoms with Gasteiger partial charge in [-0.2, -0.15) is 0 Å². The van der Waals surface area contributed by atoms with Crippen molar-refractivity contribution in [1.82, 2.24) is 0 Å². The van der Waals surface area contributed by atoms with Crippen LogP contribution in [0.5, 0.6) is 0 Å². The summed E-state index contributed by atoms with van der Waals surface area (Å²) in [6.45, 7) is 18.0. The summed E-state index contributed by atoms with van der Waals surface area (Å²) < 4.78 is 7.13. The van der Waals surface area contributed by atoms with Crippen molar-refractivity contribution in [2.75, 3.05) is 0 Å². The predicted octanol–water partition coefficient (Wildman–Crippen LogP) is 7.54. The van der Waals surface area contributed by atoms with Crippen LogP contribution in [-0.4, -0.2) is 0 Å². The zero-order chi connectivity index (χ0) is 20.2. The molecule has 0 saturated carbocycles. The number of rotatable bonds is 8.